The zero-order chi connectivity index (χ0) is 16.6. The second-order valence-corrected chi connectivity index (χ2v) is 7.46. The molecule has 0 aliphatic carbocycles. The number of allylic oxidation sites excluding steroid dienone is 1. The van der Waals surface area contributed by atoms with Gasteiger partial charge in [-0.2, -0.15) is 8.42 Å². The number of aliphatic hydroxyl groups is 1. The Morgan fingerprint density at radius 1 is 1.39 bits per heavy atom. The van der Waals surface area contributed by atoms with Crippen LogP contribution in [0.25, 0.3) is 0 Å². The van der Waals surface area contributed by atoms with E-state index in [1.807, 2.05) is 6.92 Å². The molecule has 0 saturated carbocycles. The summed E-state index contributed by atoms with van der Waals surface area (Å²) < 4.78 is 41.2. The lowest BCUT2D eigenvalue weighted by atomic mass is 9.88. The van der Waals surface area contributed by atoms with Crippen molar-refractivity contribution in [2.75, 3.05) is 6.61 Å². The van der Waals surface area contributed by atoms with Crippen molar-refractivity contribution in [1.29, 1.82) is 0 Å². The predicted octanol–water partition coefficient (Wildman–Crippen LogP) is 1.38. The Balaban J connectivity index is 1.83. The highest BCUT2D eigenvalue weighted by atomic mass is 32.2. The number of benzene rings is 1. The van der Waals surface area contributed by atoms with Crippen LogP contribution in [-0.4, -0.2) is 44.7 Å². The second-order valence-electron chi connectivity index (χ2n) is 5.88. The van der Waals surface area contributed by atoms with E-state index in [4.69, 9.17) is 13.7 Å². The normalized spacial score (nSPS) is 33.6. The fourth-order valence-corrected chi connectivity index (χ4v) is 4.03. The molecular formula is C16H20O6S. The van der Waals surface area contributed by atoms with Gasteiger partial charge >= 0.3 is 0 Å². The molecule has 1 N–H and O–H groups in total. The van der Waals surface area contributed by atoms with Gasteiger partial charge in [-0.05, 0) is 25.5 Å². The molecule has 126 valence electrons. The van der Waals surface area contributed by atoms with E-state index in [0.717, 1.165) is 5.56 Å². The minimum Gasteiger partial charge on any atom is -0.390 e. The van der Waals surface area contributed by atoms with Crippen molar-refractivity contribution in [3.63, 3.8) is 0 Å². The van der Waals surface area contributed by atoms with Crippen molar-refractivity contribution in [2.45, 2.75) is 42.8 Å². The van der Waals surface area contributed by atoms with E-state index < -0.39 is 28.6 Å². The molecule has 0 aromatic heterocycles. The fourth-order valence-electron chi connectivity index (χ4n) is 2.95. The molecule has 6 nitrogen and oxygen atoms in total. The Morgan fingerprint density at radius 3 is 2.74 bits per heavy atom. The lowest BCUT2D eigenvalue weighted by Crippen LogP contribution is -2.52. The van der Waals surface area contributed by atoms with Gasteiger partial charge in [0.2, 0.25) is 0 Å². The molecule has 0 spiro atoms. The van der Waals surface area contributed by atoms with Gasteiger partial charge in [0.15, 0.2) is 12.4 Å². The maximum Gasteiger partial charge on any atom is 0.297 e. The molecule has 23 heavy (non-hydrogen) atoms. The third-order valence-electron chi connectivity index (χ3n) is 4.24. The predicted molar refractivity (Wildman–Crippen MR) is 82.2 cm³/mol. The quantitative estimate of drug-likeness (QED) is 0.644. The van der Waals surface area contributed by atoms with E-state index in [1.165, 1.54) is 12.1 Å². The number of hydrogen-bond donors (Lipinski definition) is 1. The molecule has 2 aliphatic rings. The maximum atomic E-state index is 12.4. The fraction of sp³-hybridized carbons (Fsp3) is 0.500. The summed E-state index contributed by atoms with van der Waals surface area (Å²) in [4.78, 5) is 0.0377. The van der Waals surface area contributed by atoms with Gasteiger partial charge in [-0.25, -0.2) is 0 Å². The van der Waals surface area contributed by atoms with Crippen molar-refractivity contribution in [3.8, 4) is 0 Å². The highest BCUT2D eigenvalue weighted by Gasteiger charge is 2.51. The first-order valence-corrected chi connectivity index (χ1v) is 8.89. The van der Waals surface area contributed by atoms with E-state index in [2.05, 4.69) is 6.58 Å². The molecule has 1 aromatic carbocycles. The number of hydrogen-bond acceptors (Lipinski definition) is 6. The van der Waals surface area contributed by atoms with Crippen LogP contribution < -0.4 is 0 Å². The number of aliphatic hydroxyl groups excluding tert-OH is 1. The summed E-state index contributed by atoms with van der Waals surface area (Å²) in [6.45, 7) is 5.83. The van der Waals surface area contributed by atoms with Crippen molar-refractivity contribution in [2.24, 2.45) is 5.92 Å². The molecule has 0 unspecified atom stereocenters. The summed E-state index contributed by atoms with van der Waals surface area (Å²) in [7, 11) is -4.02. The van der Waals surface area contributed by atoms with Gasteiger partial charge in [-0.15, -0.1) is 6.58 Å². The molecule has 0 amide bonds. The van der Waals surface area contributed by atoms with Crippen molar-refractivity contribution >= 4 is 10.1 Å². The first-order chi connectivity index (χ1) is 10.9. The molecule has 0 radical (unpaired) electrons. The van der Waals surface area contributed by atoms with Crippen molar-refractivity contribution in [1.82, 2.24) is 0 Å². The summed E-state index contributed by atoms with van der Waals surface area (Å²) >= 11 is 0. The summed E-state index contributed by atoms with van der Waals surface area (Å²) in [5.41, 5.74) is 0.943. The molecule has 2 aliphatic heterocycles. The SMILES string of the molecule is C=CC[C@H]1[C@H](O)[C@@H](OS(=O)(=O)c2ccc(C)cc2)[C@@H]2OC[C@H]1O2. The highest BCUT2D eigenvalue weighted by molar-refractivity contribution is 7.86. The first-order valence-electron chi connectivity index (χ1n) is 7.48. The number of fused-ring (bicyclic) bond motifs is 2. The third-order valence-corrected chi connectivity index (χ3v) is 5.57. The zero-order valence-electron chi connectivity index (χ0n) is 12.8. The largest absolute Gasteiger partial charge is 0.390 e. The van der Waals surface area contributed by atoms with Crippen LogP contribution in [0.5, 0.6) is 0 Å². The van der Waals surface area contributed by atoms with Gasteiger partial charge in [0.05, 0.1) is 23.7 Å². The number of aryl methyl sites for hydroxylation is 1. The van der Waals surface area contributed by atoms with Crippen LogP contribution in [0.3, 0.4) is 0 Å². The molecule has 5 atom stereocenters. The Labute approximate surface area is 135 Å². The average Bonchev–Trinajstić information content (AvgIpc) is 2.95. The maximum absolute atomic E-state index is 12.4. The van der Waals surface area contributed by atoms with Crippen LogP contribution in [-0.2, 0) is 23.8 Å². The second kappa shape index (κ2) is 6.33. The van der Waals surface area contributed by atoms with E-state index in [9.17, 15) is 13.5 Å². The minimum absolute atomic E-state index is 0.0377. The Bertz CT molecular complexity index is 668. The van der Waals surface area contributed by atoms with Gasteiger partial charge in [0.25, 0.3) is 10.1 Å². The monoisotopic (exact) mass is 340 g/mol. The van der Waals surface area contributed by atoms with E-state index >= 15 is 0 Å². The van der Waals surface area contributed by atoms with Gasteiger partial charge < -0.3 is 14.6 Å². The molecule has 2 bridgehead atoms. The summed E-state index contributed by atoms with van der Waals surface area (Å²) in [6.07, 6.45) is -1.08. The minimum atomic E-state index is -4.02. The Kier molecular flexibility index (Phi) is 4.57. The van der Waals surface area contributed by atoms with Crippen LogP contribution >= 0.6 is 0 Å². The van der Waals surface area contributed by atoms with Gasteiger partial charge in [0.1, 0.15) is 0 Å². The zero-order valence-corrected chi connectivity index (χ0v) is 13.6. The van der Waals surface area contributed by atoms with E-state index in [-0.39, 0.29) is 16.9 Å². The number of rotatable bonds is 5. The lowest BCUT2D eigenvalue weighted by molar-refractivity contribution is -0.202. The van der Waals surface area contributed by atoms with Gasteiger partial charge in [-0.1, -0.05) is 23.8 Å². The van der Waals surface area contributed by atoms with Crippen LogP contribution in [0, 0.1) is 12.8 Å². The van der Waals surface area contributed by atoms with Crippen LogP contribution in [0.1, 0.15) is 12.0 Å². The smallest absolute Gasteiger partial charge is 0.297 e. The molecule has 2 fully saturated rings. The standard InChI is InChI=1S/C16H20O6S/c1-3-4-12-13-9-20-16(21-13)15(14(12)17)22-23(18,19)11-7-5-10(2)6-8-11/h3,5-8,12-17H,1,4,9H2,2H3/t12-,13-,14+,15-,16-/m1/s1. The lowest BCUT2D eigenvalue weighted by Gasteiger charge is -2.37. The van der Waals surface area contributed by atoms with E-state index in [0.29, 0.717) is 13.0 Å². The van der Waals surface area contributed by atoms with Gasteiger partial charge in [-0.3, -0.25) is 4.18 Å². The van der Waals surface area contributed by atoms with Crippen LogP contribution in [0.2, 0.25) is 0 Å². The summed E-state index contributed by atoms with van der Waals surface area (Å²) in [5.74, 6) is -0.301. The highest BCUT2D eigenvalue weighted by Crippen LogP contribution is 2.37. The van der Waals surface area contributed by atoms with Crippen molar-refractivity contribution < 1.29 is 27.2 Å². The first kappa shape index (κ1) is 16.6. The summed E-state index contributed by atoms with van der Waals surface area (Å²) in [5, 5.41) is 10.5. The van der Waals surface area contributed by atoms with Crippen molar-refractivity contribution in [3.05, 3.63) is 42.5 Å². The number of ether oxygens (including phenoxy) is 2. The topological polar surface area (TPSA) is 82.1 Å². The molecule has 1 aromatic rings. The van der Waals surface area contributed by atoms with E-state index in [1.54, 1.807) is 18.2 Å². The summed E-state index contributed by atoms with van der Waals surface area (Å²) in [6, 6.07) is 6.32. The molecule has 2 saturated heterocycles. The van der Waals surface area contributed by atoms with Crippen LogP contribution in [0.15, 0.2) is 41.8 Å². The molecular weight excluding hydrogens is 320 g/mol. The Hall–Kier alpha value is -1.25. The van der Waals surface area contributed by atoms with Crippen LogP contribution in [0.4, 0.5) is 0 Å². The average molecular weight is 340 g/mol. The Morgan fingerprint density at radius 2 is 2.09 bits per heavy atom. The molecule has 3 rings (SSSR count). The molecule has 2 heterocycles. The van der Waals surface area contributed by atoms with Gasteiger partial charge in [0, 0.05) is 5.92 Å². The third kappa shape index (κ3) is 3.20. The molecule has 7 heteroatoms.